The Bertz CT molecular complexity index is 401. The maximum Gasteiger partial charge on any atom is 0.137 e. The summed E-state index contributed by atoms with van der Waals surface area (Å²) in [5.41, 5.74) is 0.864. The molecule has 0 aliphatic rings. The highest BCUT2D eigenvalue weighted by atomic mass is 79.9. The van der Waals surface area contributed by atoms with Crippen molar-refractivity contribution < 1.29 is 14.3 Å². The number of ketones is 1. The fourth-order valence-corrected chi connectivity index (χ4v) is 1.96. The van der Waals surface area contributed by atoms with Gasteiger partial charge in [-0.2, -0.15) is 0 Å². The third-order valence-electron chi connectivity index (χ3n) is 2.58. The third kappa shape index (κ3) is 2.55. The van der Waals surface area contributed by atoms with Crippen molar-refractivity contribution in [3.05, 3.63) is 22.2 Å². The zero-order chi connectivity index (χ0) is 12.3. The quantitative estimate of drug-likeness (QED) is 0.853. The standard InChI is InChI=1S/C12H15BrO3/c1-7(8(2)14)9-5-10(13)12(16-4)6-11(9)15-3/h5-7H,1-4H3. The van der Waals surface area contributed by atoms with Crippen LogP contribution >= 0.6 is 15.9 Å². The largest absolute Gasteiger partial charge is 0.496 e. The number of Topliss-reactive ketones (excluding diaryl/α,β-unsaturated/α-hetero) is 1. The summed E-state index contributed by atoms with van der Waals surface area (Å²) in [5, 5.41) is 0. The maximum absolute atomic E-state index is 11.4. The van der Waals surface area contributed by atoms with E-state index < -0.39 is 0 Å². The molecule has 0 fully saturated rings. The first-order valence-corrected chi connectivity index (χ1v) is 5.72. The van der Waals surface area contributed by atoms with E-state index in [4.69, 9.17) is 9.47 Å². The van der Waals surface area contributed by atoms with E-state index in [0.717, 1.165) is 10.0 Å². The lowest BCUT2D eigenvalue weighted by molar-refractivity contribution is -0.118. The molecule has 0 amide bonds. The van der Waals surface area contributed by atoms with Crippen LogP contribution in [0.3, 0.4) is 0 Å². The van der Waals surface area contributed by atoms with Crippen LogP contribution in [0.5, 0.6) is 11.5 Å². The van der Waals surface area contributed by atoms with Crippen LogP contribution in [-0.2, 0) is 4.79 Å². The molecule has 0 aliphatic heterocycles. The van der Waals surface area contributed by atoms with Gasteiger partial charge in [0.2, 0.25) is 0 Å². The second-order valence-electron chi connectivity index (χ2n) is 3.56. The molecule has 3 nitrogen and oxygen atoms in total. The molecule has 0 bridgehead atoms. The van der Waals surface area contributed by atoms with Crippen LogP contribution in [0.4, 0.5) is 0 Å². The van der Waals surface area contributed by atoms with Crippen molar-refractivity contribution in [2.24, 2.45) is 0 Å². The molecule has 1 aromatic rings. The Morgan fingerprint density at radius 2 is 1.81 bits per heavy atom. The van der Waals surface area contributed by atoms with Gasteiger partial charge in [-0.15, -0.1) is 0 Å². The maximum atomic E-state index is 11.4. The van der Waals surface area contributed by atoms with Crippen molar-refractivity contribution >= 4 is 21.7 Å². The smallest absolute Gasteiger partial charge is 0.137 e. The summed E-state index contributed by atoms with van der Waals surface area (Å²) in [5.74, 6) is 1.28. The Kier molecular flexibility index (Phi) is 4.35. The predicted octanol–water partition coefficient (Wildman–Crippen LogP) is 3.16. The minimum atomic E-state index is -0.183. The molecule has 4 heteroatoms. The zero-order valence-corrected chi connectivity index (χ0v) is 11.4. The second kappa shape index (κ2) is 5.34. The summed E-state index contributed by atoms with van der Waals surface area (Å²) in [6.07, 6.45) is 0. The molecular weight excluding hydrogens is 272 g/mol. The number of ether oxygens (including phenoxy) is 2. The van der Waals surface area contributed by atoms with E-state index in [9.17, 15) is 4.79 Å². The van der Waals surface area contributed by atoms with Gasteiger partial charge in [0.05, 0.1) is 18.7 Å². The number of hydrogen-bond donors (Lipinski definition) is 0. The molecule has 0 heterocycles. The summed E-state index contributed by atoms with van der Waals surface area (Å²) in [6, 6.07) is 3.64. The van der Waals surface area contributed by atoms with Crippen molar-refractivity contribution in [1.82, 2.24) is 0 Å². The Labute approximate surface area is 104 Å². The van der Waals surface area contributed by atoms with Crippen molar-refractivity contribution in [1.29, 1.82) is 0 Å². The fourth-order valence-electron chi connectivity index (χ4n) is 1.44. The Morgan fingerprint density at radius 3 is 2.25 bits per heavy atom. The zero-order valence-electron chi connectivity index (χ0n) is 9.83. The van der Waals surface area contributed by atoms with Gasteiger partial charge in [-0.3, -0.25) is 4.79 Å². The van der Waals surface area contributed by atoms with E-state index in [1.165, 1.54) is 0 Å². The number of benzene rings is 1. The van der Waals surface area contributed by atoms with Crippen LogP contribution < -0.4 is 9.47 Å². The molecule has 0 aromatic heterocycles. The van der Waals surface area contributed by atoms with Crippen LogP contribution in [0, 0.1) is 0 Å². The number of hydrogen-bond acceptors (Lipinski definition) is 3. The molecule has 0 aliphatic carbocycles. The summed E-state index contributed by atoms with van der Waals surface area (Å²) in [7, 11) is 3.17. The van der Waals surface area contributed by atoms with Gasteiger partial charge in [-0.25, -0.2) is 0 Å². The molecule has 16 heavy (non-hydrogen) atoms. The lowest BCUT2D eigenvalue weighted by atomic mass is 9.96. The highest BCUT2D eigenvalue weighted by Gasteiger charge is 2.18. The highest BCUT2D eigenvalue weighted by molar-refractivity contribution is 9.10. The number of rotatable bonds is 4. The van der Waals surface area contributed by atoms with Gasteiger partial charge in [-0.1, -0.05) is 6.92 Å². The molecule has 1 atom stereocenters. The lowest BCUT2D eigenvalue weighted by Crippen LogP contribution is -2.06. The average molecular weight is 287 g/mol. The first-order valence-electron chi connectivity index (χ1n) is 4.93. The molecule has 0 spiro atoms. The molecule has 0 radical (unpaired) electrons. The summed E-state index contributed by atoms with van der Waals surface area (Å²) in [4.78, 5) is 11.4. The third-order valence-corrected chi connectivity index (χ3v) is 3.20. The summed E-state index contributed by atoms with van der Waals surface area (Å²) < 4.78 is 11.3. The van der Waals surface area contributed by atoms with Gasteiger partial charge < -0.3 is 9.47 Å². The average Bonchev–Trinajstić information content (AvgIpc) is 2.27. The normalized spacial score (nSPS) is 12.1. The molecule has 88 valence electrons. The van der Waals surface area contributed by atoms with E-state index in [2.05, 4.69) is 15.9 Å². The van der Waals surface area contributed by atoms with E-state index in [1.807, 2.05) is 13.0 Å². The second-order valence-corrected chi connectivity index (χ2v) is 4.42. The van der Waals surface area contributed by atoms with Crippen LogP contribution in [0.25, 0.3) is 0 Å². The monoisotopic (exact) mass is 286 g/mol. The van der Waals surface area contributed by atoms with E-state index >= 15 is 0 Å². The number of carbonyl (C=O) groups is 1. The van der Waals surface area contributed by atoms with Gasteiger partial charge in [0, 0.05) is 17.5 Å². The first kappa shape index (κ1) is 13.0. The first-order chi connectivity index (χ1) is 7.51. The van der Waals surface area contributed by atoms with E-state index in [0.29, 0.717) is 11.5 Å². The van der Waals surface area contributed by atoms with Gasteiger partial charge in [-0.05, 0) is 28.9 Å². The Hall–Kier alpha value is -1.03. The molecule has 0 N–H and O–H groups in total. The minimum absolute atomic E-state index is 0.107. The Balaban J connectivity index is 3.28. The molecule has 1 aromatic carbocycles. The number of carbonyl (C=O) groups excluding carboxylic acids is 1. The fraction of sp³-hybridized carbons (Fsp3) is 0.417. The van der Waals surface area contributed by atoms with Crippen molar-refractivity contribution in [2.45, 2.75) is 19.8 Å². The minimum Gasteiger partial charge on any atom is -0.496 e. The van der Waals surface area contributed by atoms with Gasteiger partial charge in [0.25, 0.3) is 0 Å². The Morgan fingerprint density at radius 1 is 1.25 bits per heavy atom. The van der Waals surface area contributed by atoms with Crippen LogP contribution in [0.1, 0.15) is 25.3 Å². The SMILES string of the molecule is COc1cc(OC)c(C(C)C(C)=O)cc1Br. The van der Waals surface area contributed by atoms with Gasteiger partial charge in [0.1, 0.15) is 17.3 Å². The highest BCUT2D eigenvalue weighted by Crippen LogP contribution is 2.36. The van der Waals surface area contributed by atoms with E-state index in [1.54, 1.807) is 27.2 Å². The van der Waals surface area contributed by atoms with Crippen molar-refractivity contribution in [3.63, 3.8) is 0 Å². The molecule has 1 unspecified atom stereocenters. The van der Waals surface area contributed by atoms with Crippen molar-refractivity contribution in [3.8, 4) is 11.5 Å². The van der Waals surface area contributed by atoms with Crippen LogP contribution in [-0.4, -0.2) is 20.0 Å². The predicted molar refractivity (Wildman–Crippen MR) is 66.3 cm³/mol. The van der Waals surface area contributed by atoms with E-state index in [-0.39, 0.29) is 11.7 Å². The summed E-state index contributed by atoms with van der Waals surface area (Å²) >= 11 is 3.40. The molecular formula is C12H15BrO3. The lowest BCUT2D eigenvalue weighted by Gasteiger charge is -2.15. The van der Waals surface area contributed by atoms with Crippen LogP contribution in [0.2, 0.25) is 0 Å². The molecule has 1 rings (SSSR count). The van der Waals surface area contributed by atoms with Crippen molar-refractivity contribution in [2.75, 3.05) is 14.2 Å². The number of halogens is 1. The molecule has 0 saturated carbocycles. The topological polar surface area (TPSA) is 35.5 Å². The van der Waals surface area contributed by atoms with Gasteiger partial charge in [0.15, 0.2) is 0 Å². The summed E-state index contributed by atoms with van der Waals surface area (Å²) in [6.45, 7) is 3.43. The van der Waals surface area contributed by atoms with Crippen LogP contribution in [0.15, 0.2) is 16.6 Å². The number of methoxy groups -OCH3 is 2. The van der Waals surface area contributed by atoms with Gasteiger partial charge >= 0.3 is 0 Å². The molecule has 0 saturated heterocycles.